The first-order valence-corrected chi connectivity index (χ1v) is 16.6. The lowest BCUT2D eigenvalue weighted by Gasteiger charge is -2.08. The van der Waals surface area contributed by atoms with Crippen LogP contribution in [0.1, 0.15) is 174 Å². The Balaban J connectivity index is 3.55. The predicted octanol–water partition coefficient (Wildman–Crippen LogP) is 11.7. The van der Waals surface area contributed by atoms with Gasteiger partial charge in [-0.15, -0.1) is 0 Å². The van der Waals surface area contributed by atoms with Crippen LogP contribution in [0.15, 0.2) is 36.5 Å². The van der Waals surface area contributed by atoms with E-state index in [9.17, 15) is 9.59 Å². The molecule has 0 aliphatic rings. The zero-order valence-corrected chi connectivity index (χ0v) is 25.5. The smallest absolute Gasteiger partial charge is 0.209 e. The van der Waals surface area contributed by atoms with Crippen molar-refractivity contribution in [1.82, 2.24) is 0 Å². The summed E-state index contributed by atoms with van der Waals surface area (Å²) in [7, 11) is 0. The van der Waals surface area contributed by atoms with Gasteiger partial charge in [-0.2, -0.15) is 0 Å². The van der Waals surface area contributed by atoms with E-state index in [1.807, 2.05) is 6.29 Å². The first-order valence-electron chi connectivity index (χ1n) is 16.6. The Labute approximate surface area is 238 Å². The van der Waals surface area contributed by atoms with Gasteiger partial charge in [0.25, 0.3) is 0 Å². The third kappa shape index (κ3) is 27.6. The normalized spacial score (nSPS) is 12.8. The number of Topliss-reactive ketones (excluding diaryl/α,β-unsaturated/α-hetero) is 1. The maximum absolute atomic E-state index is 12.4. The first-order chi connectivity index (χ1) is 18.8. The Morgan fingerprint density at radius 2 is 0.921 bits per heavy atom. The van der Waals surface area contributed by atoms with E-state index in [2.05, 4.69) is 50.3 Å². The molecule has 0 fully saturated rings. The van der Waals surface area contributed by atoms with Crippen LogP contribution in [0.2, 0.25) is 0 Å². The third-order valence-corrected chi connectivity index (χ3v) is 7.41. The number of ketones is 1. The van der Waals surface area contributed by atoms with Gasteiger partial charge in [0.15, 0.2) is 0 Å². The summed E-state index contributed by atoms with van der Waals surface area (Å²) in [5.74, 6) is -0.374. The molecule has 0 aliphatic heterocycles. The minimum Gasteiger partial charge on any atom is -0.299 e. The summed E-state index contributed by atoms with van der Waals surface area (Å²) >= 11 is 0. The van der Waals surface area contributed by atoms with Gasteiger partial charge in [-0.25, -0.2) is 0 Å². The molecule has 2 nitrogen and oxygen atoms in total. The summed E-state index contributed by atoms with van der Waals surface area (Å²) in [6.45, 7) is 4.51. The van der Waals surface area contributed by atoms with Gasteiger partial charge in [-0.05, 0) is 70.6 Å². The number of hydrogen-bond donors (Lipinski definition) is 0. The second-order valence-electron chi connectivity index (χ2n) is 11.1. The van der Waals surface area contributed by atoms with Crippen molar-refractivity contribution in [2.45, 2.75) is 174 Å². The molecule has 219 valence electrons. The van der Waals surface area contributed by atoms with Crippen molar-refractivity contribution >= 4 is 12.1 Å². The van der Waals surface area contributed by atoms with Crippen LogP contribution in [0, 0.1) is 5.92 Å². The van der Waals surface area contributed by atoms with Crippen LogP contribution in [-0.4, -0.2) is 12.1 Å². The summed E-state index contributed by atoms with van der Waals surface area (Å²) in [5.41, 5.74) is 0. The zero-order chi connectivity index (χ0) is 27.8. The van der Waals surface area contributed by atoms with Crippen LogP contribution < -0.4 is 0 Å². The molecular weight excluding hydrogens is 464 g/mol. The fourth-order valence-electron chi connectivity index (χ4n) is 4.81. The van der Waals surface area contributed by atoms with Crippen molar-refractivity contribution in [3.05, 3.63) is 36.5 Å². The second-order valence-corrected chi connectivity index (χ2v) is 11.1. The van der Waals surface area contributed by atoms with E-state index in [0.29, 0.717) is 12.8 Å². The van der Waals surface area contributed by atoms with Crippen LogP contribution in [0.25, 0.3) is 0 Å². The largest absolute Gasteiger partial charge is 0.299 e. The fraction of sp³-hybridized carbons (Fsp3) is 0.778. The molecule has 0 heterocycles. The van der Waals surface area contributed by atoms with Crippen LogP contribution in [0.4, 0.5) is 0 Å². The summed E-state index contributed by atoms with van der Waals surface area (Å²) < 4.78 is 0. The van der Waals surface area contributed by atoms with E-state index in [1.54, 1.807) is 0 Å². The molecule has 0 spiro atoms. The number of rotatable bonds is 30. The molecule has 0 saturated heterocycles. The number of carbonyl (C=O) groups excluding carboxylic acids is 2. The molecule has 1 radical (unpaired) electrons. The van der Waals surface area contributed by atoms with Crippen molar-refractivity contribution in [3.8, 4) is 0 Å². The molecule has 0 amide bonds. The monoisotopic (exact) mass is 527 g/mol. The summed E-state index contributed by atoms with van der Waals surface area (Å²) in [6.07, 6.45) is 45.2. The molecule has 0 rings (SSSR count). The average molecular weight is 528 g/mol. The van der Waals surface area contributed by atoms with E-state index in [1.165, 1.54) is 103 Å². The van der Waals surface area contributed by atoms with Crippen molar-refractivity contribution < 1.29 is 9.59 Å². The molecule has 1 unspecified atom stereocenters. The highest BCUT2D eigenvalue weighted by Crippen LogP contribution is 2.16. The van der Waals surface area contributed by atoms with Crippen LogP contribution in [0.3, 0.4) is 0 Å². The van der Waals surface area contributed by atoms with Crippen molar-refractivity contribution in [2.24, 2.45) is 5.92 Å². The van der Waals surface area contributed by atoms with Gasteiger partial charge in [0.2, 0.25) is 6.29 Å². The van der Waals surface area contributed by atoms with E-state index in [4.69, 9.17) is 0 Å². The van der Waals surface area contributed by atoms with Crippen molar-refractivity contribution in [1.29, 1.82) is 0 Å². The van der Waals surface area contributed by atoms with Gasteiger partial charge < -0.3 is 0 Å². The molecule has 0 aromatic rings. The first kappa shape index (κ1) is 36.6. The Hall–Kier alpha value is -1.44. The van der Waals surface area contributed by atoms with E-state index >= 15 is 0 Å². The van der Waals surface area contributed by atoms with Crippen LogP contribution in [-0.2, 0) is 9.59 Å². The lowest BCUT2D eigenvalue weighted by Crippen LogP contribution is -2.15. The van der Waals surface area contributed by atoms with Crippen LogP contribution >= 0.6 is 0 Å². The highest BCUT2D eigenvalue weighted by molar-refractivity contribution is 5.93. The lowest BCUT2D eigenvalue weighted by molar-refractivity contribution is -0.121. The van der Waals surface area contributed by atoms with Gasteiger partial charge >= 0.3 is 0 Å². The summed E-state index contributed by atoms with van der Waals surface area (Å²) in [4.78, 5) is 23.7. The van der Waals surface area contributed by atoms with Crippen molar-refractivity contribution in [3.63, 3.8) is 0 Å². The summed E-state index contributed by atoms with van der Waals surface area (Å²) in [5, 5.41) is 0. The Morgan fingerprint density at radius 1 is 0.526 bits per heavy atom. The van der Waals surface area contributed by atoms with Gasteiger partial charge in [0, 0.05) is 6.42 Å². The van der Waals surface area contributed by atoms with Gasteiger partial charge in [0.05, 0.1) is 5.92 Å². The molecular formula is C36H63O2. The molecule has 2 heteroatoms. The van der Waals surface area contributed by atoms with Crippen molar-refractivity contribution in [2.75, 3.05) is 0 Å². The minimum atomic E-state index is -0.488. The second kappa shape index (κ2) is 31.8. The summed E-state index contributed by atoms with van der Waals surface area (Å²) in [6, 6.07) is 0. The molecule has 0 aromatic heterocycles. The number of unbranched alkanes of at least 4 members (excludes halogenated alkanes) is 18. The van der Waals surface area contributed by atoms with E-state index in [0.717, 1.165) is 44.9 Å². The van der Waals surface area contributed by atoms with E-state index in [-0.39, 0.29) is 5.78 Å². The standard InChI is InChI=1S/C36H63O2/c1-3-5-7-9-11-13-15-17-19-21-23-25-27-29-31-33-36(38)35(34-37)32-30-28-26-24-22-20-18-16-14-12-10-8-6-4-2/h11,13,17-20,35H,3-10,12,14-16,21-33H2,1-2H3/b13-11-,19-17-,20-18-. The topological polar surface area (TPSA) is 34.1 Å². The SMILES string of the molecule is CCCCC/C=C\C/C=C\CCCCCCCC(=O)C([C]=O)CCCCCC/C=C\CCCCCCCC. The minimum absolute atomic E-state index is 0.114. The molecule has 0 aromatic carbocycles. The number of hydrogen-bond acceptors (Lipinski definition) is 2. The molecule has 0 aliphatic carbocycles. The molecule has 0 saturated carbocycles. The quantitative estimate of drug-likeness (QED) is 0.0528. The Bertz CT molecular complexity index is 586. The van der Waals surface area contributed by atoms with Gasteiger partial charge in [0.1, 0.15) is 5.78 Å². The van der Waals surface area contributed by atoms with E-state index < -0.39 is 5.92 Å². The highest BCUT2D eigenvalue weighted by Gasteiger charge is 2.17. The predicted molar refractivity (Wildman–Crippen MR) is 168 cm³/mol. The maximum Gasteiger partial charge on any atom is 0.209 e. The molecule has 1 atom stereocenters. The zero-order valence-electron chi connectivity index (χ0n) is 25.5. The van der Waals surface area contributed by atoms with Gasteiger partial charge in [-0.1, -0.05) is 134 Å². The number of carbonyl (C=O) groups is 1. The lowest BCUT2D eigenvalue weighted by atomic mass is 9.94. The fourth-order valence-corrected chi connectivity index (χ4v) is 4.81. The van der Waals surface area contributed by atoms with Gasteiger partial charge in [-0.3, -0.25) is 9.59 Å². The molecule has 38 heavy (non-hydrogen) atoms. The molecule has 0 bridgehead atoms. The number of allylic oxidation sites excluding steroid dienone is 6. The average Bonchev–Trinajstić information content (AvgIpc) is 2.93. The third-order valence-electron chi connectivity index (χ3n) is 7.41. The highest BCUT2D eigenvalue weighted by atomic mass is 16.1. The Morgan fingerprint density at radius 3 is 1.45 bits per heavy atom. The molecule has 0 N–H and O–H groups in total. The Kier molecular flexibility index (Phi) is 30.6. The maximum atomic E-state index is 12.4. The van der Waals surface area contributed by atoms with Crippen LogP contribution in [0.5, 0.6) is 0 Å².